The first-order valence-corrected chi connectivity index (χ1v) is 7.83. The minimum absolute atomic E-state index is 0.0722. The maximum absolute atomic E-state index is 11.9. The highest BCUT2D eigenvalue weighted by Gasteiger charge is 2.11. The van der Waals surface area contributed by atoms with Gasteiger partial charge < -0.3 is 0 Å². The van der Waals surface area contributed by atoms with Crippen LogP contribution in [-0.4, -0.2) is 20.4 Å². The van der Waals surface area contributed by atoms with Gasteiger partial charge in [0.1, 0.15) is 0 Å². The number of thioether (sulfide) groups is 1. The lowest BCUT2D eigenvalue weighted by Crippen LogP contribution is -2.04. The highest BCUT2D eigenvalue weighted by molar-refractivity contribution is 8.02. The molecule has 0 atom stereocenters. The number of hydrogen-bond donors (Lipinski definition) is 0. The van der Waals surface area contributed by atoms with E-state index in [4.69, 9.17) is 0 Å². The van der Waals surface area contributed by atoms with Gasteiger partial charge in [-0.15, -0.1) is 11.8 Å². The molecule has 0 saturated heterocycles. The van der Waals surface area contributed by atoms with Crippen LogP contribution in [0.5, 0.6) is 0 Å². The molecule has 0 aliphatic rings. The van der Waals surface area contributed by atoms with Crippen molar-refractivity contribution >= 4 is 21.6 Å². The van der Waals surface area contributed by atoms with Crippen molar-refractivity contribution in [3.8, 4) is 0 Å². The molecule has 1 aromatic carbocycles. The van der Waals surface area contributed by atoms with Crippen LogP contribution in [0, 0.1) is 6.92 Å². The summed E-state index contributed by atoms with van der Waals surface area (Å²) in [6, 6.07) is 6.95. The molecule has 0 unspecified atom stereocenters. The Morgan fingerprint density at radius 1 is 1.31 bits per heavy atom. The van der Waals surface area contributed by atoms with Gasteiger partial charge in [-0.1, -0.05) is 23.8 Å². The van der Waals surface area contributed by atoms with Crippen molar-refractivity contribution in [1.29, 1.82) is 0 Å². The molecule has 1 aromatic rings. The molecule has 0 aliphatic heterocycles. The van der Waals surface area contributed by atoms with E-state index in [-0.39, 0.29) is 5.75 Å². The molecule has 16 heavy (non-hydrogen) atoms. The minimum Gasteiger partial charge on any atom is -0.223 e. The van der Waals surface area contributed by atoms with Crippen molar-refractivity contribution in [1.82, 2.24) is 0 Å². The zero-order valence-corrected chi connectivity index (χ0v) is 11.4. The van der Waals surface area contributed by atoms with Crippen LogP contribution in [0.1, 0.15) is 12.5 Å². The Kier molecular flexibility index (Phi) is 4.62. The van der Waals surface area contributed by atoms with Gasteiger partial charge in [0, 0.05) is 0 Å². The third-order valence-corrected chi connectivity index (χ3v) is 4.70. The van der Waals surface area contributed by atoms with Crippen molar-refractivity contribution in [2.24, 2.45) is 0 Å². The van der Waals surface area contributed by atoms with E-state index in [2.05, 4.69) is 0 Å². The molecule has 0 radical (unpaired) electrons. The Bertz CT molecular complexity index is 470. The summed E-state index contributed by atoms with van der Waals surface area (Å²) < 4.78 is 23.8. The quantitative estimate of drug-likeness (QED) is 0.830. The maximum Gasteiger partial charge on any atom is 0.181 e. The summed E-state index contributed by atoms with van der Waals surface area (Å²) >= 11 is 1.56. The van der Waals surface area contributed by atoms with Crippen LogP contribution in [0.3, 0.4) is 0 Å². The number of sulfone groups is 1. The molecular weight excluding hydrogens is 240 g/mol. The fourth-order valence-electron chi connectivity index (χ4n) is 1.15. The molecule has 88 valence electrons. The third-order valence-electron chi connectivity index (χ3n) is 2.29. The molecular formula is C12H16O2S2. The minimum atomic E-state index is -3.17. The zero-order valence-electron chi connectivity index (χ0n) is 9.73. The first kappa shape index (κ1) is 13.3. The van der Waals surface area contributed by atoms with E-state index in [1.165, 1.54) is 0 Å². The second-order valence-corrected chi connectivity index (χ2v) is 6.70. The Labute approximate surface area is 102 Å². The summed E-state index contributed by atoms with van der Waals surface area (Å²) in [6.45, 7) is 3.85. The first-order chi connectivity index (χ1) is 7.45. The molecule has 0 heterocycles. The summed E-state index contributed by atoms with van der Waals surface area (Å²) in [5.41, 5.74) is 1.06. The molecule has 0 amide bonds. The average Bonchev–Trinajstić information content (AvgIpc) is 2.26. The Morgan fingerprint density at radius 3 is 2.38 bits per heavy atom. The summed E-state index contributed by atoms with van der Waals surface area (Å²) in [7, 11) is -3.17. The van der Waals surface area contributed by atoms with Crippen molar-refractivity contribution < 1.29 is 8.42 Å². The molecule has 0 bridgehead atoms. The van der Waals surface area contributed by atoms with E-state index < -0.39 is 9.84 Å². The molecule has 0 saturated carbocycles. The second kappa shape index (κ2) is 5.55. The molecule has 0 aromatic heterocycles. The summed E-state index contributed by atoms with van der Waals surface area (Å²) in [4.78, 5) is 1.42. The van der Waals surface area contributed by atoms with Crippen molar-refractivity contribution in [2.45, 2.75) is 18.7 Å². The van der Waals surface area contributed by atoms with Crippen molar-refractivity contribution in [2.75, 3.05) is 12.0 Å². The van der Waals surface area contributed by atoms with Gasteiger partial charge >= 0.3 is 0 Å². The van der Waals surface area contributed by atoms with Crippen molar-refractivity contribution in [3.05, 3.63) is 40.8 Å². The normalized spacial score (nSPS) is 12.8. The van der Waals surface area contributed by atoms with Gasteiger partial charge in [-0.05, 0) is 37.1 Å². The summed E-state index contributed by atoms with van der Waals surface area (Å²) in [5, 5.41) is 0. The lowest BCUT2D eigenvalue weighted by molar-refractivity contribution is 0.599. The molecule has 0 spiro atoms. The van der Waals surface area contributed by atoms with Crippen LogP contribution in [0.15, 0.2) is 40.1 Å². The fraction of sp³-hybridized carbons (Fsp3) is 0.333. The Balaban J connectivity index is 2.91. The standard InChI is InChI=1S/C12H16O2S2/c1-10-4-6-12(7-5-10)16(13,14)9-8-11(2)15-3/h4-8H,9H2,1-3H3/b11-8-. The van der Waals surface area contributed by atoms with Gasteiger partial charge in [-0.2, -0.15) is 0 Å². The largest absolute Gasteiger partial charge is 0.223 e. The van der Waals surface area contributed by atoms with E-state index in [1.807, 2.05) is 32.2 Å². The Morgan fingerprint density at radius 2 is 1.88 bits per heavy atom. The highest BCUT2D eigenvalue weighted by Crippen LogP contribution is 2.15. The molecule has 2 nitrogen and oxygen atoms in total. The predicted molar refractivity (Wildman–Crippen MR) is 70.5 cm³/mol. The maximum atomic E-state index is 11.9. The van der Waals surface area contributed by atoms with Crippen LogP contribution in [0.25, 0.3) is 0 Å². The average molecular weight is 256 g/mol. The monoisotopic (exact) mass is 256 g/mol. The number of allylic oxidation sites excluding steroid dienone is 1. The third kappa shape index (κ3) is 3.68. The molecule has 4 heteroatoms. The molecule has 0 N–H and O–H groups in total. The predicted octanol–water partition coefficient (Wildman–Crippen LogP) is 3.04. The smallest absolute Gasteiger partial charge is 0.181 e. The first-order valence-electron chi connectivity index (χ1n) is 4.96. The number of benzene rings is 1. The molecule has 1 rings (SSSR count). The van der Waals surface area contributed by atoms with E-state index in [0.717, 1.165) is 10.5 Å². The van der Waals surface area contributed by atoms with Crippen LogP contribution in [0.4, 0.5) is 0 Å². The van der Waals surface area contributed by atoms with Crippen LogP contribution >= 0.6 is 11.8 Å². The van der Waals surface area contributed by atoms with Gasteiger partial charge in [0.05, 0.1) is 10.6 Å². The number of hydrogen-bond acceptors (Lipinski definition) is 3. The fourth-order valence-corrected chi connectivity index (χ4v) is 2.72. The summed E-state index contributed by atoms with van der Waals surface area (Å²) in [6.07, 6.45) is 3.68. The Hall–Kier alpha value is -0.740. The van der Waals surface area contributed by atoms with Crippen LogP contribution in [-0.2, 0) is 9.84 Å². The van der Waals surface area contributed by atoms with Gasteiger partial charge in [0.25, 0.3) is 0 Å². The van der Waals surface area contributed by atoms with Crippen LogP contribution in [0.2, 0.25) is 0 Å². The van der Waals surface area contributed by atoms with Gasteiger partial charge in [-0.25, -0.2) is 8.42 Å². The number of aryl methyl sites for hydroxylation is 1. The van der Waals surface area contributed by atoms with Crippen molar-refractivity contribution in [3.63, 3.8) is 0 Å². The SMILES string of the molecule is CS/C(C)=C\CS(=O)(=O)c1ccc(C)cc1. The van der Waals surface area contributed by atoms with Gasteiger partial charge in [-0.3, -0.25) is 0 Å². The van der Waals surface area contributed by atoms with Gasteiger partial charge in [0.2, 0.25) is 0 Å². The zero-order chi connectivity index (χ0) is 12.2. The van der Waals surface area contributed by atoms with Gasteiger partial charge in [0.15, 0.2) is 9.84 Å². The lowest BCUT2D eigenvalue weighted by Gasteiger charge is -2.02. The van der Waals surface area contributed by atoms with E-state index in [9.17, 15) is 8.42 Å². The van der Waals surface area contributed by atoms with E-state index in [0.29, 0.717) is 4.90 Å². The second-order valence-electron chi connectivity index (χ2n) is 3.61. The van der Waals surface area contributed by atoms with E-state index in [1.54, 1.807) is 30.0 Å². The highest BCUT2D eigenvalue weighted by atomic mass is 32.2. The lowest BCUT2D eigenvalue weighted by atomic mass is 10.2. The molecule has 0 fully saturated rings. The number of rotatable bonds is 4. The van der Waals surface area contributed by atoms with E-state index >= 15 is 0 Å². The van der Waals surface area contributed by atoms with Crippen LogP contribution < -0.4 is 0 Å². The molecule has 0 aliphatic carbocycles. The summed E-state index contributed by atoms with van der Waals surface area (Å²) in [5.74, 6) is 0.0722. The topological polar surface area (TPSA) is 34.1 Å².